The summed E-state index contributed by atoms with van der Waals surface area (Å²) in [6.07, 6.45) is -1.83. The topological polar surface area (TPSA) is 57.5 Å². The molecule has 0 saturated carbocycles. The van der Waals surface area contributed by atoms with E-state index in [2.05, 4.69) is 0 Å². The van der Waals surface area contributed by atoms with E-state index in [0.717, 1.165) is 0 Å². The number of carboxylic acid groups (broad SMARTS) is 2. The Labute approximate surface area is 103 Å². The zero-order valence-electron chi connectivity index (χ0n) is 7.57. The Kier molecular flexibility index (Phi) is 51.9. The number of hydrogen-bond donors (Lipinski definition) is 2. The molecule has 0 aliphatic carbocycles. The van der Waals surface area contributed by atoms with Gasteiger partial charge in [-0.25, -0.2) is 4.79 Å². The van der Waals surface area contributed by atoms with Crippen molar-refractivity contribution in [2.75, 3.05) is 0 Å². The molecular formula is CH6CaFeMgO3. The van der Waals surface area contributed by atoms with Crippen molar-refractivity contribution in [1.29, 1.82) is 0 Å². The maximum Gasteiger partial charge on any atom is 2.00 e. The van der Waals surface area contributed by atoms with E-state index < -0.39 is 6.16 Å². The van der Waals surface area contributed by atoms with Crippen LogP contribution in [-0.4, -0.2) is 77.2 Å². The molecule has 0 amide bonds. The molecule has 0 aromatic carbocycles. The predicted molar refractivity (Wildman–Crippen MR) is 26.6 cm³/mol. The molecule has 0 aromatic heterocycles. The predicted octanol–water partition coefficient (Wildman–Crippen LogP) is -0.0917. The minimum atomic E-state index is -1.83. The van der Waals surface area contributed by atoms with Crippen LogP contribution >= 0.6 is 0 Å². The largest absolute Gasteiger partial charge is 2.00 e. The van der Waals surface area contributed by atoms with Gasteiger partial charge in [-0.3, -0.25) is 0 Å². The summed E-state index contributed by atoms with van der Waals surface area (Å²) in [5.74, 6) is 0. The summed E-state index contributed by atoms with van der Waals surface area (Å²) in [6.45, 7) is 0. The van der Waals surface area contributed by atoms with Crippen molar-refractivity contribution in [2.45, 2.75) is 0 Å². The van der Waals surface area contributed by atoms with Crippen LogP contribution in [0.3, 0.4) is 0 Å². The van der Waals surface area contributed by atoms with Gasteiger partial charge in [0.1, 0.15) is 0 Å². The van der Waals surface area contributed by atoms with Crippen LogP contribution in [0.1, 0.15) is 5.71 Å². The summed E-state index contributed by atoms with van der Waals surface area (Å²) < 4.78 is 0. The van der Waals surface area contributed by atoms with Gasteiger partial charge in [-0.05, 0) is 0 Å². The van der Waals surface area contributed by atoms with E-state index in [0.29, 0.717) is 0 Å². The summed E-state index contributed by atoms with van der Waals surface area (Å²) in [5, 5.41) is 13.9. The van der Waals surface area contributed by atoms with Crippen molar-refractivity contribution in [3.63, 3.8) is 0 Å². The summed E-state index contributed by atoms with van der Waals surface area (Å²) in [4.78, 5) is 8.56. The van der Waals surface area contributed by atoms with Crippen LogP contribution < -0.4 is 0 Å². The van der Waals surface area contributed by atoms with E-state index in [-0.39, 0.29) is 83.6 Å². The molecule has 0 bridgehead atoms. The first-order chi connectivity index (χ1) is 1.73. The molecule has 0 aromatic rings. The first kappa shape index (κ1) is 23.2. The van der Waals surface area contributed by atoms with E-state index in [1.807, 2.05) is 0 Å². The van der Waals surface area contributed by atoms with Crippen molar-refractivity contribution in [1.82, 2.24) is 0 Å². The van der Waals surface area contributed by atoms with Crippen LogP contribution in [0.2, 0.25) is 0 Å². The van der Waals surface area contributed by atoms with Crippen LogP contribution in [0.4, 0.5) is 4.79 Å². The van der Waals surface area contributed by atoms with Crippen molar-refractivity contribution in [3.8, 4) is 0 Å². The van der Waals surface area contributed by atoms with Crippen LogP contribution in [0.15, 0.2) is 0 Å². The number of hydrogen-bond acceptors (Lipinski definition) is 1. The van der Waals surface area contributed by atoms with Gasteiger partial charge in [-0.2, -0.15) is 0 Å². The molecule has 3 nitrogen and oxygen atoms in total. The van der Waals surface area contributed by atoms with Gasteiger partial charge in [0.15, 0.2) is 0 Å². The molecule has 0 saturated heterocycles. The van der Waals surface area contributed by atoms with E-state index in [9.17, 15) is 0 Å². The van der Waals surface area contributed by atoms with E-state index in [4.69, 9.17) is 15.0 Å². The molecule has 0 aliphatic rings. The second-order valence-corrected chi connectivity index (χ2v) is 0.283. The van der Waals surface area contributed by atoms with Gasteiger partial charge in [0.25, 0.3) is 0 Å². The smallest absolute Gasteiger partial charge is 1.00 e. The average molecular weight is 186 g/mol. The Balaban J connectivity index is -0.00000000214. The number of rotatable bonds is 0. The van der Waals surface area contributed by atoms with Crippen molar-refractivity contribution in [2.24, 2.45) is 0 Å². The maximum atomic E-state index is 8.56. The molecule has 7 heavy (non-hydrogen) atoms. The van der Waals surface area contributed by atoms with Crippen LogP contribution in [0, 0.1) is 0 Å². The van der Waals surface area contributed by atoms with Crippen molar-refractivity contribution in [3.05, 3.63) is 0 Å². The molecule has 40 valence electrons. The minimum absolute atomic E-state index is 0. The fourth-order valence-corrected chi connectivity index (χ4v) is 0. The van der Waals surface area contributed by atoms with Crippen LogP contribution in [0.5, 0.6) is 0 Å². The van der Waals surface area contributed by atoms with Crippen molar-refractivity contribution < 1.29 is 37.8 Å². The van der Waals surface area contributed by atoms with Gasteiger partial charge in [-0.15, -0.1) is 0 Å². The van der Waals surface area contributed by atoms with Crippen molar-refractivity contribution >= 4 is 66.9 Å². The Hall–Kier alpha value is 1.82. The summed E-state index contributed by atoms with van der Waals surface area (Å²) in [7, 11) is 0. The molecule has 2 N–H and O–H groups in total. The SMILES string of the molecule is O=C(O)O.[Ca+2].[Fe].[H-].[H-].[H-].[H-].[Mg+2]. The van der Waals surface area contributed by atoms with Gasteiger partial charge in [0.05, 0.1) is 0 Å². The van der Waals surface area contributed by atoms with Crippen LogP contribution in [0.25, 0.3) is 0 Å². The fraction of sp³-hybridized carbons (Fsp3) is 0. The molecule has 0 unspecified atom stereocenters. The zero-order chi connectivity index (χ0) is 3.58. The second kappa shape index (κ2) is 15.7. The van der Waals surface area contributed by atoms with Gasteiger partial charge in [-0.1, -0.05) is 0 Å². The molecule has 0 rings (SSSR count). The molecule has 0 aliphatic heterocycles. The van der Waals surface area contributed by atoms with Gasteiger partial charge in [0, 0.05) is 17.1 Å². The Morgan fingerprint density at radius 1 is 1.43 bits per heavy atom. The Morgan fingerprint density at radius 2 is 1.43 bits per heavy atom. The Morgan fingerprint density at radius 3 is 1.43 bits per heavy atom. The minimum Gasteiger partial charge on any atom is -1.00 e. The van der Waals surface area contributed by atoms with Gasteiger partial charge >= 0.3 is 66.9 Å². The molecule has 0 spiro atoms. The number of carbonyl (C=O) groups is 1. The summed E-state index contributed by atoms with van der Waals surface area (Å²) >= 11 is 0. The standard InChI is InChI=1S/CH2O3.Ca.Fe.Mg.4H/c2-1(3)4;;;;;;;/h(H2,2,3,4);;;;;;;/q;+2;;+2;4*-1. The second-order valence-electron chi connectivity index (χ2n) is 0.283. The molecule has 0 atom stereocenters. The average Bonchev–Trinajstić information content (AvgIpc) is 0.811. The molecule has 6 heteroatoms. The van der Waals surface area contributed by atoms with E-state index >= 15 is 0 Å². The third kappa shape index (κ3) is 80.2. The molecule has 0 radical (unpaired) electrons. The van der Waals surface area contributed by atoms with Gasteiger partial charge in [0.2, 0.25) is 0 Å². The first-order valence-electron chi connectivity index (χ1n) is 0.651. The fourth-order valence-electron chi connectivity index (χ4n) is 0. The normalized spacial score (nSPS) is 3.43. The maximum absolute atomic E-state index is 8.56. The van der Waals surface area contributed by atoms with E-state index in [1.165, 1.54) is 0 Å². The summed E-state index contributed by atoms with van der Waals surface area (Å²) in [6, 6.07) is 0. The van der Waals surface area contributed by atoms with Gasteiger partial charge < -0.3 is 15.9 Å². The van der Waals surface area contributed by atoms with E-state index in [1.54, 1.807) is 0 Å². The monoisotopic (exact) mass is 186 g/mol. The summed E-state index contributed by atoms with van der Waals surface area (Å²) in [5.41, 5.74) is 0. The third-order valence-electron chi connectivity index (χ3n) is 0. The molecule has 0 heterocycles. The van der Waals surface area contributed by atoms with Crippen LogP contribution in [-0.2, 0) is 17.1 Å². The first-order valence-corrected chi connectivity index (χ1v) is 0.651. The quantitative estimate of drug-likeness (QED) is 0.520. The molecule has 0 fully saturated rings. The Bertz CT molecular complexity index is 48.3. The zero-order valence-corrected chi connectivity index (χ0v) is 8.30. The third-order valence-corrected chi connectivity index (χ3v) is 0. The molecular weight excluding hydrogens is 180 g/mol.